The molecule has 144 valence electrons. The van der Waals surface area contributed by atoms with Gasteiger partial charge in [0, 0.05) is 32.2 Å². The molecule has 2 N–H and O–H groups in total. The molecule has 1 aromatic carbocycles. The van der Waals surface area contributed by atoms with Crippen LogP contribution in [-0.4, -0.2) is 54.2 Å². The molecule has 0 atom stereocenters. The third-order valence-corrected chi connectivity index (χ3v) is 5.69. The molecule has 2 fully saturated rings. The maximum absolute atomic E-state index is 12.5. The number of aliphatic carboxylic acids is 1. The van der Waals surface area contributed by atoms with Crippen LogP contribution in [0.15, 0.2) is 18.2 Å². The van der Waals surface area contributed by atoms with Gasteiger partial charge < -0.3 is 20.2 Å². The predicted molar refractivity (Wildman–Crippen MR) is 102 cm³/mol. The van der Waals surface area contributed by atoms with Crippen LogP contribution in [0.3, 0.4) is 0 Å². The van der Waals surface area contributed by atoms with Gasteiger partial charge in [0.25, 0.3) is 0 Å². The number of piperazine rings is 1. The highest BCUT2D eigenvalue weighted by molar-refractivity contribution is 6.33. The lowest BCUT2D eigenvalue weighted by atomic mass is 9.86. The van der Waals surface area contributed by atoms with Gasteiger partial charge in [-0.1, -0.05) is 11.6 Å². The van der Waals surface area contributed by atoms with Crippen molar-refractivity contribution in [3.05, 3.63) is 28.8 Å². The van der Waals surface area contributed by atoms with Gasteiger partial charge in [-0.05, 0) is 43.9 Å². The quantitative estimate of drug-likeness (QED) is 0.827. The molecule has 0 radical (unpaired) electrons. The number of carbonyl (C=O) groups excluding carboxylic acids is 1. The van der Waals surface area contributed by atoms with E-state index in [-0.39, 0.29) is 18.0 Å². The molecule has 2 aliphatic rings. The minimum absolute atomic E-state index is 0.0547. The van der Waals surface area contributed by atoms with E-state index in [1.807, 2.05) is 6.07 Å². The fraction of sp³-hybridized carbons (Fsp3) is 0.526. The highest BCUT2D eigenvalue weighted by atomic mass is 35.5. The molecule has 1 aliphatic carbocycles. The summed E-state index contributed by atoms with van der Waals surface area (Å²) in [4.78, 5) is 27.4. The molecular weight excluding hydrogens is 368 g/mol. The number of carboxylic acid groups (broad SMARTS) is 1. The summed E-state index contributed by atoms with van der Waals surface area (Å²) >= 11 is 6.28. The van der Waals surface area contributed by atoms with Crippen LogP contribution in [0.25, 0.3) is 0 Å². The summed E-state index contributed by atoms with van der Waals surface area (Å²) in [6.07, 6.45) is 2.66. The summed E-state index contributed by atoms with van der Waals surface area (Å²) in [5.41, 5.74) is 1.40. The molecule has 3 rings (SSSR count). The zero-order chi connectivity index (χ0) is 19.4. The van der Waals surface area contributed by atoms with Gasteiger partial charge in [0.2, 0.25) is 0 Å². The lowest BCUT2D eigenvalue weighted by Gasteiger charge is -2.37. The standard InChI is InChI=1S/C19H23ClN4O3/c20-16-11-13(12-21)1-6-17(16)23-7-9-24(10-8-23)19(27)22-15-4-2-14(3-5-15)18(25)26/h1,6,11,14-15H,2-5,7-10H2,(H,22,27)(H,25,26). The number of carboxylic acids is 1. The van der Waals surface area contributed by atoms with Crippen LogP contribution in [0, 0.1) is 17.2 Å². The number of anilines is 1. The van der Waals surface area contributed by atoms with Gasteiger partial charge in [-0.3, -0.25) is 4.79 Å². The molecule has 27 heavy (non-hydrogen) atoms. The molecule has 0 aromatic heterocycles. The number of carbonyl (C=O) groups is 2. The third-order valence-electron chi connectivity index (χ3n) is 5.39. The zero-order valence-electron chi connectivity index (χ0n) is 15.0. The minimum Gasteiger partial charge on any atom is -0.481 e. The molecule has 1 saturated carbocycles. The van der Waals surface area contributed by atoms with E-state index < -0.39 is 5.97 Å². The maximum atomic E-state index is 12.5. The van der Waals surface area contributed by atoms with Crippen LogP contribution in [-0.2, 0) is 4.79 Å². The number of nitrogens with zero attached hydrogens (tertiary/aromatic N) is 3. The van der Waals surface area contributed by atoms with Crippen molar-refractivity contribution in [2.24, 2.45) is 5.92 Å². The summed E-state index contributed by atoms with van der Waals surface area (Å²) in [5.74, 6) is -1.02. The molecule has 2 amide bonds. The molecule has 0 unspecified atom stereocenters. The minimum atomic E-state index is -0.739. The first-order valence-corrected chi connectivity index (χ1v) is 9.58. The fourth-order valence-electron chi connectivity index (χ4n) is 3.73. The van der Waals surface area contributed by atoms with Gasteiger partial charge in [-0.25, -0.2) is 4.79 Å². The Morgan fingerprint density at radius 3 is 2.37 bits per heavy atom. The van der Waals surface area contributed by atoms with Crippen molar-refractivity contribution >= 4 is 29.3 Å². The summed E-state index contributed by atoms with van der Waals surface area (Å²) < 4.78 is 0. The molecule has 0 bridgehead atoms. The summed E-state index contributed by atoms with van der Waals surface area (Å²) in [6.45, 7) is 2.52. The van der Waals surface area contributed by atoms with Crippen molar-refractivity contribution in [3.63, 3.8) is 0 Å². The van der Waals surface area contributed by atoms with Gasteiger partial charge >= 0.3 is 12.0 Å². The average molecular weight is 391 g/mol. The van der Waals surface area contributed by atoms with Gasteiger partial charge in [0.15, 0.2) is 0 Å². The van der Waals surface area contributed by atoms with E-state index in [1.165, 1.54) is 0 Å². The van der Waals surface area contributed by atoms with Crippen molar-refractivity contribution in [3.8, 4) is 6.07 Å². The van der Waals surface area contributed by atoms with Crippen LogP contribution >= 0.6 is 11.6 Å². The molecule has 1 heterocycles. The first-order chi connectivity index (χ1) is 13.0. The van der Waals surface area contributed by atoms with Crippen molar-refractivity contribution < 1.29 is 14.7 Å². The van der Waals surface area contributed by atoms with Crippen LogP contribution in [0.2, 0.25) is 5.02 Å². The molecule has 1 saturated heterocycles. The van der Waals surface area contributed by atoms with Gasteiger partial charge in [0.1, 0.15) is 0 Å². The van der Waals surface area contributed by atoms with Crippen molar-refractivity contribution in [1.29, 1.82) is 5.26 Å². The topological polar surface area (TPSA) is 96.7 Å². The number of nitrogens with one attached hydrogen (secondary N) is 1. The monoisotopic (exact) mass is 390 g/mol. The van der Waals surface area contributed by atoms with E-state index in [9.17, 15) is 9.59 Å². The van der Waals surface area contributed by atoms with E-state index in [4.69, 9.17) is 22.0 Å². The number of benzene rings is 1. The van der Waals surface area contributed by atoms with Crippen LogP contribution in [0.1, 0.15) is 31.2 Å². The van der Waals surface area contributed by atoms with Crippen LogP contribution in [0.4, 0.5) is 10.5 Å². The fourth-order valence-corrected chi connectivity index (χ4v) is 4.03. The Morgan fingerprint density at radius 1 is 1.15 bits per heavy atom. The van der Waals surface area contributed by atoms with E-state index in [1.54, 1.807) is 17.0 Å². The lowest BCUT2D eigenvalue weighted by Crippen LogP contribution is -2.54. The van der Waals surface area contributed by atoms with Gasteiger partial charge in [-0.15, -0.1) is 0 Å². The molecule has 7 nitrogen and oxygen atoms in total. The number of hydrogen-bond donors (Lipinski definition) is 2. The number of nitriles is 1. The van der Waals surface area contributed by atoms with E-state index in [0.717, 1.165) is 5.69 Å². The smallest absolute Gasteiger partial charge is 0.317 e. The number of rotatable bonds is 3. The van der Waals surface area contributed by atoms with Crippen molar-refractivity contribution in [2.45, 2.75) is 31.7 Å². The Morgan fingerprint density at radius 2 is 1.81 bits per heavy atom. The third kappa shape index (κ3) is 4.64. The van der Waals surface area contributed by atoms with Gasteiger partial charge in [-0.2, -0.15) is 5.26 Å². The molecule has 1 aliphatic heterocycles. The van der Waals surface area contributed by atoms with E-state index >= 15 is 0 Å². The largest absolute Gasteiger partial charge is 0.481 e. The Kier molecular flexibility index (Phi) is 6.07. The number of hydrogen-bond acceptors (Lipinski definition) is 4. The summed E-state index contributed by atoms with van der Waals surface area (Å²) in [7, 11) is 0. The highest BCUT2D eigenvalue weighted by Crippen LogP contribution is 2.28. The second kappa shape index (κ2) is 8.49. The summed E-state index contributed by atoms with van der Waals surface area (Å²) in [5, 5.41) is 21.6. The second-order valence-corrected chi connectivity index (χ2v) is 7.50. The molecular formula is C19H23ClN4O3. The summed E-state index contributed by atoms with van der Waals surface area (Å²) in [6, 6.07) is 7.29. The van der Waals surface area contributed by atoms with Crippen LogP contribution < -0.4 is 10.2 Å². The Bertz CT molecular complexity index is 748. The number of urea groups is 1. The van der Waals surface area contributed by atoms with Crippen molar-refractivity contribution in [2.75, 3.05) is 31.1 Å². The molecule has 8 heteroatoms. The molecule has 0 spiro atoms. The SMILES string of the molecule is N#Cc1ccc(N2CCN(C(=O)NC3CCC(C(=O)O)CC3)CC2)c(Cl)c1. The predicted octanol–water partition coefficient (Wildman–Crippen LogP) is 2.69. The average Bonchev–Trinajstić information content (AvgIpc) is 2.68. The molecule has 1 aromatic rings. The van der Waals surface area contributed by atoms with Crippen LogP contribution in [0.5, 0.6) is 0 Å². The number of halogens is 1. The number of amides is 2. The van der Waals surface area contributed by atoms with Crippen molar-refractivity contribution in [1.82, 2.24) is 10.2 Å². The Labute approximate surface area is 163 Å². The zero-order valence-corrected chi connectivity index (χ0v) is 15.8. The van der Waals surface area contributed by atoms with E-state index in [2.05, 4.69) is 16.3 Å². The second-order valence-electron chi connectivity index (χ2n) is 7.09. The normalized spacial score (nSPS) is 22.8. The highest BCUT2D eigenvalue weighted by Gasteiger charge is 2.29. The first-order valence-electron chi connectivity index (χ1n) is 9.20. The van der Waals surface area contributed by atoms with Gasteiger partial charge in [0.05, 0.1) is 28.3 Å². The first kappa shape index (κ1) is 19.3. The van der Waals surface area contributed by atoms with E-state index in [0.29, 0.717) is 62.4 Å². The lowest BCUT2D eigenvalue weighted by molar-refractivity contribution is -0.142. The Balaban J connectivity index is 1.48. The Hall–Kier alpha value is -2.46. The maximum Gasteiger partial charge on any atom is 0.317 e.